The molecule has 0 bridgehead atoms. The SMILES string of the molecule is CC(C)=CCCC(C)=CCCC(C)=CCCP(=O)(O)C(=O)N(Cl)Cc1cccc(Cl)c1. The van der Waals surface area contributed by atoms with Crippen LogP contribution in [-0.2, 0) is 11.1 Å². The summed E-state index contributed by atoms with van der Waals surface area (Å²) in [6, 6.07) is 6.86. The van der Waals surface area contributed by atoms with Crippen molar-refractivity contribution in [3.05, 3.63) is 69.8 Å². The molecule has 0 aliphatic carbocycles. The van der Waals surface area contributed by atoms with E-state index >= 15 is 0 Å². The summed E-state index contributed by atoms with van der Waals surface area (Å²) < 4.78 is 13.2. The molecule has 1 rings (SSSR count). The molecule has 1 unspecified atom stereocenters. The van der Waals surface area contributed by atoms with Crippen LogP contribution in [0.25, 0.3) is 0 Å². The van der Waals surface area contributed by atoms with Gasteiger partial charge in [-0.3, -0.25) is 9.36 Å². The van der Waals surface area contributed by atoms with E-state index in [1.807, 2.05) is 13.0 Å². The average molecular weight is 486 g/mol. The monoisotopic (exact) mass is 485 g/mol. The molecular formula is C24H34Cl2NO3P. The third-order valence-corrected chi connectivity index (χ3v) is 7.09. The van der Waals surface area contributed by atoms with Crippen molar-refractivity contribution in [1.82, 2.24) is 4.42 Å². The third-order valence-electron chi connectivity index (χ3n) is 4.76. The van der Waals surface area contributed by atoms with Gasteiger partial charge in [0.05, 0.1) is 6.54 Å². The molecule has 0 saturated heterocycles. The Morgan fingerprint density at radius 3 is 2.19 bits per heavy atom. The predicted octanol–water partition coefficient (Wildman–Crippen LogP) is 8.50. The van der Waals surface area contributed by atoms with Crippen molar-refractivity contribution in [3.63, 3.8) is 0 Å². The van der Waals surface area contributed by atoms with E-state index in [4.69, 9.17) is 23.4 Å². The van der Waals surface area contributed by atoms with Gasteiger partial charge in [-0.05, 0) is 77.5 Å². The van der Waals surface area contributed by atoms with Crippen LogP contribution >= 0.6 is 30.7 Å². The molecule has 4 nitrogen and oxygen atoms in total. The molecule has 31 heavy (non-hydrogen) atoms. The van der Waals surface area contributed by atoms with Crippen LogP contribution in [0.2, 0.25) is 5.02 Å². The molecule has 0 aliphatic rings. The van der Waals surface area contributed by atoms with Crippen LogP contribution in [0.3, 0.4) is 0 Å². The lowest BCUT2D eigenvalue weighted by Crippen LogP contribution is -2.20. The second kappa shape index (κ2) is 14.0. The van der Waals surface area contributed by atoms with Crippen LogP contribution in [0.1, 0.15) is 65.4 Å². The lowest BCUT2D eigenvalue weighted by molar-refractivity contribution is 0.240. The molecule has 0 spiro atoms. The molecule has 0 heterocycles. The summed E-state index contributed by atoms with van der Waals surface area (Å²) in [7, 11) is -4.05. The van der Waals surface area contributed by atoms with Gasteiger partial charge in [0.2, 0.25) is 0 Å². The second-order valence-electron chi connectivity index (χ2n) is 8.11. The van der Waals surface area contributed by atoms with Gasteiger partial charge in [-0.25, -0.2) is 4.42 Å². The van der Waals surface area contributed by atoms with Gasteiger partial charge in [0.25, 0.3) is 7.37 Å². The predicted molar refractivity (Wildman–Crippen MR) is 133 cm³/mol. The molecule has 1 aromatic rings. The number of hydrogen-bond donors (Lipinski definition) is 1. The lowest BCUT2D eigenvalue weighted by Gasteiger charge is -2.17. The number of nitrogens with zero attached hydrogens (tertiary/aromatic N) is 1. The van der Waals surface area contributed by atoms with Crippen LogP contribution in [0.5, 0.6) is 0 Å². The van der Waals surface area contributed by atoms with Gasteiger partial charge in [0, 0.05) is 23.0 Å². The van der Waals surface area contributed by atoms with E-state index in [0.29, 0.717) is 17.0 Å². The smallest absolute Gasteiger partial charge is 0.322 e. The number of allylic oxidation sites excluding steroid dienone is 6. The molecule has 0 fully saturated rings. The Labute approximate surface area is 197 Å². The summed E-state index contributed by atoms with van der Waals surface area (Å²) in [5, 5.41) is 0.515. The van der Waals surface area contributed by atoms with Gasteiger partial charge in [-0.1, -0.05) is 58.7 Å². The minimum Gasteiger partial charge on any atom is -0.338 e. The molecule has 0 aliphatic heterocycles. The highest BCUT2D eigenvalue weighted by atomic mass is 35.5. The molecular weight excluding hydrogens is 452 g/mol. The van der Waals surface area contributed by atoms with Crippen LogP contribution in [-0.4, -0.2) is 21.1 Å². The fourth-order valence-electron chi connectivity index (χ4n) is 2.95. The van der Waals surface area contributed by atoms with Gasteiger partial charge in [0.15, 0.2) is 0 Å². The fraction of sp³-hybridized carbons (Fsp3) is 0.458. The largest absolute Gasteiger partial charge is 0.338 e. The highest BCUT2D eigenvalue weighted by Crippen LogP contribution is 2.45. The molecule has 1 amide bonds. The van der Waals surface area contributed by atoms with E-state index in [9.17, 15) is 14.3 Å². The number of rotatable bonds is 12. The number of benzene rings is 1. The zero-order chi connectivity index (χ0) is 23.4. The van der Waals surface area contributed by atoms with Crippen molar-refractivity contribution in [2.75, 3.05) is 6.16 Å². The van der Waals surface area contributed by atoms with Crippen molar-refractivity contribution in [1.29, 1.82) is 0 Å². The zero-order valence-electron chi connectivity index (χ0n) is 18.9. The van der Waals surface area contributed by atoms with E-state index < -0.39 is 13.0 Å². The summed E-state index contributed by atoms with van der Waals surface area (Å²) in [6.45, 7) is 8.38. The highest BCUT2D eigenvalue weighted by molar-refractivity contribution is 7.75. The summed E-state index contributed by atoms with van der Waals surface area (Å²) in [6.07, 6.45) is 10.6. The van der Waals surface area contributed by atoms with Crippen molar-refractivity contribution in [3.8, 4) is 0 Å². The fourth-order valence-corrected chi connectivity index (χ4v) is 4.74. The molecule has 0 radical (unpaired) electrons. The average Bonchev–Trinajstić information content (AvgIpc) is 2.66. The quantitative estimate of drug-likeness (QED) is 0.183. The van der Waals surface area contributed by atoms with Crippen molar-refractivity contribution in [2.24, 2.45) is 0 Å². The van der Waals surface area contributed by atoms with Crippen molar-refractivity contribution >= 4 is 36.4 Å². The van der Waals surface area contributed by atoms with Crippen LogP contribution in [0, 0.1) is 0 Å². The lowest BCUT2D eigenvalue weighted by atomic mass is 10.1. The van der Waals surface area contributed by atoms with Crippen LogP contribution in [0.4, 0.5) is 4.79 Å². The Balaban J connectivity index is 2.46. The Hall–Kier alpha value is -1.32. The highest BCUT2D eigenvalue weighted by Gasteiger charge is 2.32. The van der Waals surface area contributed by atoms with Gasteiger partial charge in [-0.2, -0.15) is 0 Å². The maximum absolute atomic E-state index is 12.5. The van der Waals surface area contributed by atoms with Gasteiger partial charge >= 0.3 is 5.65 Å². The molecule has 1 N–H and O–H groups in total. The van der Waals surface area contributed by atoms with Crippen LogP contribution in [0.15, 0.2) is 59.2 Å². The number of halogens is 2. The van der Waals surface area contributed by atoms with Gasteiger partial charge < -0.3 is 4.89 Å². The summed E-state index contributed by atoms with van der Waals surface area (Å²) in [5.74, 6) is 0. The molecule has 172 valence electrons. The maximum Gasteiger partial charge on any atom is 0.322 e. The first kappa shape index (κ1) is 27.7. The van der Waals surface area contributed by atoms with E-state index in [2.05, 4.69) is 32.9 Å². The summed E-state index contributed by atoms with van der Waals surface area (Å²) in [5.41, 5.74) is 3.60. The van der Waals surface area contributed by atoms with E-state index in [0.717, 1.165) is 35.7 Å². The normalized spacial score (nSPS) is 14.2. The first-order valence-electron chi connectivity index (χ1n) is 10.5. The Bertz CT molecular complexity index is 873. The Morgan fingerprint density at radius 2 is 1.61 bits per heavy atom. The Morgan fingerprint density at radius 1 is 1.03 bits per heavy atom. The molecule has 1 aromatic carbocycles. The standard InChI is InChI=1S/C24H34Cl2NO3P/c1-19(2)9-5-10-20(3)11-6-12-21(4)13-8-16-31(29,30)24(28)27(26)18-22-14-7-15-23(25)17-22/h7,9,11,13-15,17H,5-6,8,10,12,16,18H2,1-4H3,(H,29,30). The summed E-state index contributed by atoms with van der Waals surface area (Å²) in [4.78, 5) is 22.5. The maximum atomic E-state index is 12.5. The van der Waals surface area contributed by atoms with Crippen molar-refractivity contribution < 1.29 is 14.3 Å². The number of hydrogen-bond acceptors (Lipinski definition) is 2. The molecule has 7 heteroatoms. The van der Waals surface area contributed by atoms with Gasteiger partial charge in [0.1, 0.15) is 0 Å². The third kappa shape index (κ3) is 11.8. The number of carbonyl (C=O) groups is 1. The van der Waals surface area contributed by atoms with E-state index in [-0.39, 0.29) is 12.7 Å². The molecule has 0 saturated carbocycles. The minimum absolute atomic E-state index is 0.0136. The minimum atomic E-state index is -4.05. The first-order chi connectivity index (χ1) is 14.5. The van der Waals surface area contributed by atoms with Gasteiger partial charge in [-0.15, -0.1) is 0 Å². The summed E-state index contributed by atoms with van der Waals surface area (Å²) >= 11 is 11.9. The molecule has 1 atom stereocenters. The second-order valence-corrected chi connectivity index (χ2v) is 11.2. The van der Waals surface area contributed by atoms with Crippen LogP contribution < -0.4 is 0 Å². The number of amides is 1. The first-order valence-corrected chi connectivity index (χ1v) is 13.1. The number of carbonyl (C=O) groups excluding carboxylic acids is 1. The molecule has 0 aromatic heterocycles. The Kier molecular flexibility index (Phi) is 12.5. The van der Waals surface area contributed by atoms with E-state index in [1.165, 1.54) is 11.1 Å². The van der Waals surface area contributed by atoms with E-state index in [1.54, 1.807) is 24.3 Å². The van der Waals surface area contributed by atoms with Crippen molar-refractivity contribution in [2.45, 2.75) is 66.3 Å². The zero-order valence-corrected chi connectivity index (χ0v) is 21.3. The topological polar surface area (TPSA) is 57.6 Å².